The van der Waals surface area contributed by atoms with Crippen LogP contribution in [0.3, 0.4) is 0 Å². The molecule has 0 atom stereocenters. The van der Waals surface area contributed by atoms with E-state index in [4.69, 9.17) is 4.42 Å². The van der Waals surface area contributed by atoms with E-state index in [1.807, 2.05) is 67.6 Å². The third-order valence-electron chi connectivity index (χ3n) is 5.24. The highest BCUT2D eigenvalue weighted by atomic mass is 16.4. The van der Waals surface area contributed by atoms with Gasteiger partial charge in [-0.2, -0.15) is 0 Å². The summed E-state index contributed by atoms with van der Waals surface area (Å²) in [6.07, 6.45) is 3.52. The number of aromatic nitrogens is 7. The second kappa shape index (κ2) is 6.81. The summed E-state index contributed by atoms with van der Waals surface area (Å²) in [7, 11) is 0. The van der Waals surface area contributed by atoms with Gasteiger partial charge in [-0.15, -0.1) is 15.3 Å². The zero-order valence-electron chi connectivity index (χ0n) is 16.5. The number of pyridine rings is 2. The molecule has 0 aliphatic carbocycles. The normalized spacial score (nSPS) is 11.4. The Bertz CT molecular complexity index is 1560. The number of para-hydroxylation sites is 1. The van der Waals surface area contributed by atoms with Crippen molar-refractivity contribution in [3.63, 3.8) is 0 Å². The van der Waals surface area contributed by atoms with Gasteiger partial charge >= 0.3 is 0 Å². The maximum atomic E-state index is 5.99. The van der Waals surface area contributed by atoms with E-state index in [0.29, 0.717) is 17.5 Å². The number of nitrogens with zero attached hydrogens (tertiary/aromatic N) is 7. The molecule has 0 spiro atoms. The van der Waals surface area contributed by atoms with Crippen LogP contribution < -0.4 is 0 Å². The molecule has 0 radical (unpaired) electrons. The van der Waals surface area contributed by atoms with Gasteiger partial charge in [0, 0.05) is 23.2 Å². The summed E-state index contributed by atoms with van der Waals surface area (Å²) in [6.45, 7) is 1.92. The van der Waals surface area contributed by atoms with Gasteiger partial charge in [0.25, 0.3) is 5.89 Å². The first kappa shape index (κ1) is 17.4. The molecule has 0 saturated carbocycles. The minimum absolute atomic E-state index is 0.310. The minimum atomic E-state index is 0.310. The van der Waals surface area contributed by atoms with E-state index in [1.54, 1.807) is 17.1 Å². The van der Waals surface area contributed by atoms with Crippen LogP contribution in [0, 0.1) is 6.92 Å². The van der Waals surface area contributed by atoms with Crippen LogP contribution in [0.2, 0.25) is 0 Å². The zero-order chi connectivity index (χ0) is 20.8. The average Bonchev–Trinajstić information content (AvgIpc) is 3.45. The molecule has 8 nitrogen and oxygen atoms in total. The SMILES string of the molecule is Cc1c(-c2nnc(-c3cccc4cccnc34)o2)nnn1-c1cccc2ncccc12. The Morgan fingerprint density at radius 3 is 2.55 bits per heavy atom. The maximum Gasteiger partial charge on any atom is 0.270 e. The Balaban J connectivity index is 1.45. The molecule has 31 heavy (non-hydrogen) atoms. The molecular formula is C23H15N7O. The average molecular weight is 405 g/mol. The Hall–Kier alpha value is -4.46. The molecule has 0 amide bonds. The summed E-state index contributed by atoms with van der Waals surface area (Å²) in [4.78, 5) is 8.88. The van der Waals surface area contributed by atoms with E-state index < -0.39 is 0 Å². The summed E-state index contributed by atoms with van der Waals surface area (Å²) in [5, 5.41) is 19.1. The molecule has 8 heteroatoms. The van der Waals surface area contributed by atoms with Crippen molar-refractivity contribution >= 4 is 21.8 Å². The summed E-state index contributed by atoms with van der Waals surface area (Å²) < 4.78 is 7.76. The first-order valence-electron chi connectivity index (χ1n) is 9.74. The number of hydrogen-bond acceptors (Lipinski definition) is 7. The monoisotopic (exact) mass is 405 g/mol. The third kappa shape index (κ3) is 2.77. The fourth-order valence-corrected chi connectivity index (χ4v) is 3.73. The fourth-order valence-electron chi connectivity index (χ4n) is 3.73. The van der Waals surface area contributed by atoms with Crippen LogP contribution >= 0.6 is 0 Å². The lowest BCUT2D eigenvalue weighted by molar-refractivity contribution is 0.582. The van der Waals surface area contributed by atoms with Gasteiger partial charge in [0.15, 0.2) is 5.69 Å². The second-order valence-electron chi connectivity index (χ2n) is 7.08. The molecule has 2 aromatic carbocycles. The van der Waals surface area contributed by atoms with Gasteiger partial charge in [-0.3, -0.25) is 9.97 Å². The third-order valence-corrected chi connectivity index (χ3v) is 5.24. The van der Waals surface area contributed by atoms with E-state index in [0.717, 1.165) is 38.8 Å². The van der Waals surface area contributed by atoms with Crippen molar-refractivity contribution in [2.75, 3.05) is 0 Å². The molecule has 6 rings (SSSR count). The van der Waals surface area contributed by atoms with E-state index >= 15 is 0 Å². The minimum Gasteiger partial charge on any atom is -0.414 e. The number of benzene rings is 2. The molecule has 0 unspecified atom stereocenters. The van der Waals surface area contributed by atoms with Crippen molar-refractivity contribution in [3.05, 3.63) is 78.8 Å². The Morgan fingerprint density at radius 1 is 0.774 bits per heavy atom. The molecule has 0 saturated heterocycles. The highest BCUT2D eigenvalue weighted by Gasteiger charge is 2.20. The molecule has 148 valence electrons. The topological polar surface area (TPSA) is 95.4 Å². The lowest BCUT2D eigenvalue weighted by atomic mass is 10.1. The first-order valence-corrected chi connectivity index (χ1v) is 9.74. The summed E-state index contributed by atoms with van der Waals surface area (Å²) >= 11 is 0. The highest BCUT2D eigenvalue weighted by Crippen LogP contribution is 2.30. The van der Waals surface area contributed by atoms with Crippen LogP contribution in [-0.4, -0.2) is 35.2 Å². The molecule has 4 aromatic heterocycles. The van der Waals surface area contributed by atoms with Crippen LogP contribution in [0.1, 0.15) is 5.69 Å². The summed E-state index contributed by atoms with van der Waals surface area (Å²) in [5.74, 6) is 0.702. The summed E-state index contributed by atoms with van der Waals surface area (Å²) in [6, 6.07) is 19.6. The number of hydrogen-bond donors (Lipinski definition) is 0. The van der Waals surface area contributed by atoms with Crippen LogP contribution in [0.15, 0.2) is 77.5 Å². The van der Waals surface area contributed by atoms with E-state index in [9.17, 15) is 0 Å². The first-order chi connectivity index (χ1) is 15.3. The standard InChI is InChI=1S/C23H15N7O/c1-14-20(26-29-30(14)19-11-3-10-18-16(19)9-5-12-24-18)23-28-27-22(31-23)17-8-2-6-15-7-4-13-25-21(15)17/h2-13H,1H3. The van der Waals surface area contributed by atoms with Gasteiger partial charge in [0.2, 0.25) is 5.89 Å². The second-order valence-corrected chi connectivity index (χ2v) is 7.08. The van der Waals surface area contributed by atoms with Crippen molar-refractivity contribution in [3.8, 4) is 28.7 Å². The van der Waals surface area contributed by atoms with Gasteiger partial charge in [-0.1, -0.05) is 29.5 Å². The number of rotatable bonds is 3. The van der Waals surface area contributed by atoms with Gasteiger partial charge in [-0.05, 0) is 43.3 Å². The van der Waals surface area contributed by atoms with Crippen molar-refractivity contribution < 1.29 is 4.42 Å². The van der Waals surface area contributed by atoms with Gasteiger partial charge in [0.05, 0.1) is 28.0 Å². The predicted molar refractivity (Wildman–Crippen MR) is 115 cm³/mol. The maximum absolute atomic E-state index is 5.99. The van der Waals surface area contributed by atoms with Crippen LogP contribution in [-0.2, 0) is 0 Å². The molecule has 6 aromatic rings. The lowest BCUT2D eigenvalue weighted by Gasteiger charge is -2.06. The van der Waals surface area contributed by atoms with Crippen LogP contribution in [0.5, 0.6) is 0 Å². The van der Waals surface area contributed by atoms with Crippen LogP contribution in [0.25, 0.3) is 50.5 Å². The van der Waals surface area contributed by atoms with Crippen molar-refractivity contribution in [1.82, 2.24) is 35.2 Å². The molecule has 0 N–H and O–H groups in total. The molecule has 0 aliphatic rings. The molecular weight excluding hydrogens is 390 g/mol. The molecule has 4 heterocycles. The Labute approximate surface area is 176 Å². The van der Waals surface area contributed by atoms with Crippen molar-refractivity contribution in [2.24, 2.45) is 0 Å². The molecule has 0 bridgehead atoms. The van der Waals surface area contributed by atoms with Crippen molar-refractivity contribution in [1.29, 1.82) is 0 Å². The predicted octanol–water partition coefficient (Wildman–Crippen LogP) is 4.39. The molecule has 0 fully saturated rings. The summed E-state index contributed by atoms with van der Waals surface area (Å²) in [5.41, 5.74) is 4.70. The van der Waals surface area contributed by atoms with Crippen LogP contribution in [0.4, 0.5) is 0 Å². The smallest absolute Gasteiger partial charge is 0.270 e. The van der Waals surface area contributed by atoms with E-state index in [2.05, 4.69) is 30.5 Å². The van der Waals surface area contributed by atoms with E-state index in [1.165, 1.54) is 0 Å². The van der Waals surface area contributed by atoms with Gasteiger partial charge in [0.1, 0.15) is 0 Å². The van der Waals surface area contributed by atoms with Crippen molar-refractivity contribution in [2.45, 2.75) is 6.92 Å². The lowest BCUT2D eigenvalue weighted by Crippen LogP contribution is -2.00. The molecule has 0 aliphatic heterocycles. The van der Waals surface area contributed by atoms with Gasteiger partial charge < -0.3 is 4.42 Å². The zero-order valence-corrected chi connectivity index (χ0v) is 16.5. The van der Waals surface area contributed by atoms with E-state index in [-0.39, 0.29) is 0 Å². The highest BCUT2D eigenvalue weighted by molar-refractivity contribution is 5.91. The Kier molecular flexibility index (Phi) is 3.82. The van der Waals surface area contributed by atoms with Gasteiger partial charge in [-0.25, -0.2) is 4.68 Å². The largest absolute Gasteiger partial charge is 0.414 e. The number of fused-ring (bicyclic) bond motifs is 2. The quantitative estimate of drug-likeness (QED) is 0.431. The fraction of sp³-hybridized carbons (Fsp3) is 0.0435. The Morgan fingerprint density at radius 2 is 1.58 bits per heavy atom.